The SMILES string of the molecule is Cc1ccccc1[C@H](CC(=NO)c1ccc(=O)n(C)c1)c1ccc(C2CCNCC2)cc1. The first kappa shape index (κ1) is 22.0. The van der Waals surface area contributed by atoms with Crippen molar-refractivity contribution in [2.24, 2.45) is 12.2 Å². The standard InChI is InChI=1S/C27H31N3O2/c1-19-5-3-4-6-24(19)25(17-26(29-32)23-11-12-27(31)30(2)18-23)22-9-7-20(8-10-22)21-13-15-28-16-14-21/h3-12,18,21,25,28,32H,13-17H2,1-2H3/t25-/m1/s1. The zero-order valence-electron chi connectivity index (χ0n) is 18.8. The van der Waals surface area contributed by atoms with E-state index in [0.29, 0.717) is 18.1 Å². The van der Waals surface area contributed by atoms with Crippen molar-refractivity contribution in [2.45, 2.75) is 38.0 Å². The van der Waals surface area contributed by atoms with E-state index >= 15 is 0 Å². The van der Waals surface area contributed by atoms with Gasteiger partial charge < -0.3 is 15.1 Å². The van der Waals surface area contributed by atoms with Crippen molar-refractivity contribution in [1.82, 2.24) is 9.88 Å². The zero-order chi connectivity index (χ0) is 22.5. The molecule has 1 saturated heterocycles. The number of nitrogens with zero attached hydrogens (tertiary/aromatic N) is 2. The molecule has 0 amide bonds. The van der Waals surface area contributed by atoms with Crippen LogP contribution < -0.4 is 10.9 Å². The number of oxime groups is 1. The lowest BCUT2D eigenvalue weighted by molar-refractivity contribution is 0.317. The summed E-state index contributed by atoms with van der Waals surface area (Å²) in [5.41, 5.74) is 6.24. The second kappa shape index (κ2) is 9.96. The highest BCUT2D eigenvalue weighted by molar-refractivity contribution is 6.00. The van der Waals surface area contributed by atoms with Crippen LogP contribution in [-0.2, 0) is 7.05 Å². The van der Waals surface area contributed by atoms with Crippen LogP contribution in [0.1, 0.15) is 58.9 Å². The van der Waals surface area contributed by atoms with Crippen LogP contribution in [0.3, 0.4) is 0 Å². The molecule has 2 N–H and O–H groups in total. The Kier molecular flexibility index (Phi) is 6.86. The third kappa shape index (κ3) is 4.83. The number of aromatic nitrogens is 1. The first-order valence-corrected chi connectivity index (χ1v) is 11.3. The molecule has 0 saturated carbocycles. The smallest absolute Gasteiger partial charge is 0.250 e. The largest absolute Gasteiger partial charge is 0.411 e. The lowest BCUT2D eigenvalue weighted by Crippen LogP contribution is -2.26. The first-order chi connectivity index (χ1) is 15.6. The second-order valence-electron chi connectivity index (χ2n) is 8.72. The Morgan fingerprint density at radius 2 is 1.81 bits per heavy atom. The summed E-state index contributed by atoms with van der Waals surface area (Å²) in [6.07, 6.45) is 4.61. The van der Waals surface area contributed by atoms with Crippen LogP contribution in [0.25, 0.3) is 0 Å². The molecule has 1 aliphatic heterocycles. The van der Waals surface area contributed by atoms with Gasteiger partial charge in [-0.05, 0) is 67.1 Å². The van der Waals surface area contributed by atoms with Gasteiger partial charge in [0.15, 0.2) is 0 Å². The van der Waals surface area contributed by atoms with Gasteiger partial charge in [-0.2, -0.15) is 0 Å². The summed E-state index contributed by atoms with van der Waals surface area (Å²) in [7, 11) is 1.71. The lowest BCUT2D eigenvalue weighted by atomic mass is 9.82. The molecule has 1 fully saturated rings. The Morgan fingerprint density at radius 3 is 2.47 bits per heavy atom. The van der Waals surface area contributed by atoms with Gasteiger partial charge in [0.1, 0.15) is 0 Å². The minimum Gasteiger partial charge on any atom is -0.411 e. The fourth-order valence-electron chi connectivity index (χ4n) is 4.72. The van der Waals surface area contributed by atoms with Crippen LogP contribution in [0.2, 0.25) is 0 Å². The number of hydrogen-bond donors (Lipinski definition) is 2. The van der Waals surface area contributed by atoms with E-state index < -0.39 is 0 Å². The number of benzene rings is 2. The second-order valence-corrected chi connectivity index (χ2v) is 8.72. The third-order valence-electron chi connectivity index (χ3n) is 6.65. The minimum atomic E-state index is -0.0880. The maximum Gasteiger partial charge on any atom is 0.250 e. The van der Waals surface area contributed by atoms with E-state index in [0.717, 1.165) is 18.7 Å². The molecule has 2 aromatic carbocycles. The number of nitrogens with one attached hydrogen (secondary N) is 1. The Labute approximate surface area is 189 Å². The fraction of sp³-hybridized carbons (Fsp3) is 0.333. The van der Waals surface area contributed by atoms with Gasteiger partial charge in [0.25, 0.3) is 0 Å². The highest BCUT2D eigenvalue weighted by atomic mass is 16.4. The molecule has 32 heavy (non-hydrogen) atoms. The van der Waals surface area contributed by atoms with Crippen molar-refractivity contribution in [3.05, 3.63) is 105 Å². The van der Waals surface area contributed by atoms with Gasteiger partial charge in [-0.1, -0.05) is 53.7 Å². The average molecular weight is 430 g/mol. The monoisotopic (exact) mass is 429 g/mol. The Bertz CT molecular complexity index is 1140. The van der Waals surface area contributed by atoms with E-state index in [-0.39, 0.29) is 11.5 Å². The predicted molar refractivity (Wildman–Crippen MR) is 129 cm³/mol. The lowest BCUT2D eigenvalue weighted by Gasteiger charge is -2.25. The summed E-state index contributed by atoms with van der Waals surface area (Å²) in [6.45, 7) is 4.27. The topological polar surface area (TPSA) is 66.6 Å². The van der Waals surface area contributed by atoms with Crippen LogP contribution >= 0.6 is 0 Å². The van der Waals surface area contributed by atoms with Crippen molar-refractivity contribution in [2.75, 3.05) is 13.1 Å². The Hall–Kier alpha value is -3.18. The van der Waals surface area contributed by atoms with Crippen LogP contribution in [0.5, 0.6) is 0 Å². The molecular weight excluding hydrogens is 398 g/mol. The average Bonchev–Trinajstić information content (AvgIpc) is 2.83. The predicted octanol–water partition coefficient (Wildman–Crippen LogP) is 4.56. The quantitative estimate of drug-likeness (QED) is 0.343. The zero-order valence-corrected chi connectivity index (χ0v) is 18.8. The number of piperidine rings is 1. The first-order valence-electron chi connectivity index (χ1n) is 11.3. The van der Waals surface area contributed by atoms with Crippen molar-refractivity contribution in [1.29, 1.82) is 0 Å². The molecule has 0 radical (unpaired) electrons. The summed E-state index contributed by atoms with van der Waals surface area (Å²) in [5.74, 6) is 0.656. The van der Waals surface area contributed by atoms with Crippen molar-refractivity contribution < 1.29 is 5.21 Å². The number of rotatable bonds is 6. The van der Waals surface area contributed by atoms with Gasteiger partial charge in [-0.3, -0.25) is 4.79 Å². The van der Waals surface area contributed by atoms with Gasteiger partial charge in [0.05, 0.1) is 5.71 Å². The number of hydrogen-bond acceptors (Lipinski definition) is 4. The van der Waals surface area contributed by atoms with E-state index in [1.54, 1.807) is 19.3 Å². The van der Waals surface area contributed by atoms with Gasteiger partial charge in [-0.15, -0.1) is 0 Å². The van der Waals surface area contributed by atoms with Crippen LogP contribution in [0, 0.1) is 6.92 Å². The van der Waals surface area contributed by atoms with E-state index in [1.165, 1.54) is 45.7 Å². The van der Waals surface area contributed by atoms with Crippen LogP contribution in [-0.4, -0.2) is 28.6 Å². The Morgan fingerprint density at radius 1 is 1.09 bits per heavy atom. The van der Waals surface area contributed by atoms with E-state index in [2.05, 4.69) is 59.9 Å². The van der Waals surface area contributed by atoms with Crippen molar-refractivity contribution in [3.63, 3.8) is 0 Å². The molecular formula is C27H31N3O2. The van der Waals surface area contributed by atoms with Crippen molar-refractivity contribution >= 4 is 5.71 Å². The minimum absolute atomic E-state index is 0.0430. The highest BCUT2D eigenvalue weighted by Crippen LogP contribution is 2.33. The summed E-state index contributed by atoms with van der Waals surface area (Å²) >= 11 is 0. The molecule has 5 heteroatoms. The molecule has 3 aromatic rings. The molecule has 0 aliphatic carbocycles. The van der Waals surface area contributed by atoms with E-state index in [9.17, 15) is 10.0 Å². The van der Waals surface area contributed by atoms with Gasteiger partial charge in [0, 0.05) is 37.2 Å². The molecule has 1 aliphatic rings. The number of aryl methyl sites for hydroxylation is 2. The normalized spacial score (nSPS) is 16.1. The van der Waals surface area contributed by atoms with Crippen LogP contribution in [0.15, 0.2) is 76.8 Å². The molecule has 5 nitrogen and oxygen atoms in total. The van der Waals surface area contributed by atoms with Crippen LogP contribution in [0.4, 0.5) is 0 Å². The summed E-state index contributed by atoms with van der Waals surface area (Å²) < 4.78 is 1.51. The molecule has 166 valence electrons. The fourth-order valence-corrected chi connectivity index (χ4v) is 4.72. The number of pyridine rings is 1. The van der Waals surface area contributed by atoms with Crippen molar-refractivity contribution in [3.8, 4) is 0 Å². The molecule has 1 aromatic heterocycles. The summed E-state index contributed by atoms with van der Waals surface area (Å²) in [5, 5.41) is 16.9. The summed E-state index contributed by atoms with van der Waals surface area (Å²) in [4.78, 5) is 11.8. The molecule has 0 spiro atoms. The molecule has 2 heterocycles. The molecule has 0 bridgehead atoms. The molecule has 1 atom stereocenters. The maximum absolute atomic E-state index is 11.8. The molecule has 0 unspecified atom stereocenters. The maximum atomic E-state index is 11.8. The summed E-state index contributed by atoms with van der Waals surface area (Å²) in [6, 6.07) is 20.6. The van der Waals surface area contributed by atoms with Gasteiger partial charge in [0.2, 0.25) is 5.56 Å². The van der Waals surface area contributed by atoms with Gasteiger partial charge in [-0.25, -0.2) is 0 Å². The van der Waals surface area contributed by atoms with Gasteiger partial charge >= 0.3 is 0 Å². The van der Waals surface area contributed by atoms with E-state index in [1.807, 2.05) is 6.07 Å². The molecule has 4 rings (SSSR count). The van der Waals surface area contributed by atoms with E-state index in [4.69, 9.17) is 0 Å². The highest BCUT2D eigenvalue weighted by Gasteiger charge is 2.22. The third-order valence-corrected chi connectivity index (χ3v) is 6.65. The Balaban J connectivity index is 1.68.